The maximum atomic E-state index is 2.35. The van der Waals surface area contributed by atoms with Crippen molar-refractivity contribution in [1.82, 2.24) is 4.90 Å². The van der Waals surface area contributed by atoms with Crippen molar-refractivity contribution in [3.8, 4) is 0 Å². The fraction of sp³-hybridized carbons (Fsp3) is 0.714. The Bertz CT molecular complexity index is 269. The van der Waals surface area contributed by atoms with E-state index < -0.39 is 0 Å². The molecule has 0 amide bonds. The van der Waals surface area contributed by atoms with Gasteiger partial charge in [-0.2, -0.15) is 0 Å². The van der Waals surface area contributed by atoms with Gasteiger partial charge in [0.15, 0.2) is 0 Å². The Labute approximate surface area is 94.9 Å². The van der Waals surface area contributed by atoms with Crippen molar-refractivity contribution < 1.29 is 0 Å². The Hall–Kier alpha value is -0.720. The number of allylic oxidation sites excluding steroid dienone is 2. The Morgan fingerprint density at radius 2 is 1.33 bits per heavy atom. The molecule has 1 aliphatic heterocycles. The molecule has 0 unspecified atom stereocenters. The minimum Gasteiger partial charge on any atom is -0.370 e. The maximum absolute atomic E-state index is 2.35. The lowest BCUT2D eigenvalue weighted by molar-refractivity contribution is -0.00932. The quantitative estimate of drug-likeness (QED) is 0.583. The van der Waals surface area contributed by atoms with Crippen LogP contribution in [0.5, 0.6) is 0 Å². The first-order valence-electron chi connectivity index (χ1n) is 5.72. The van der Waals surface area contributed by atoms with E-state index in [9.17, 15) is 0 Å². The van der Waals surface area contributed by atoms with Gasteiger partial charge in [-0.1, -0.05) is 53.7 Å². The van der Waals surface area contributed by atoms with E-state index in [2.05, 4.69) is 77.9 Å². The highest BCUT2D eigenvalue weighted by Crippen LogP contribution is 2.49. The predicted octanol–water partition coefficient (Wildman–Crippen LogP) is 3.83. The Morgan fingerprint density at radius 1 is 0.867 bits per heavy atom. The number of likely N-dealkylation sites (N-methyl/N-ethyl adjacent to an activating group) is 1. The summed E-state index contributed by atoms with van der Waals surface area (Å²) in [7, 11) is 2.18. The molecule has 0 saturated carbocycles. The van der Waals surface area contributed by atoms with E-state index in [0.717, 1.165) is 0 Å². The molecule has 1 heterocycles. The molecule has 0 bridgehead atoms. The fourth-order valence-electron chi connectivity index (χ4n) is 3.29. The van der Waals surface area contributed by atoms with E-state index >= 15 is 0 Å². The summed E-state index contributed by atoms with van der Waals surface area (Å²) < 4.78 is 0. The van der Waals surface area contributed by atoms with Crippen LogP contribution < -0.4 is 0 Å². The van der Waals surface area contributed by atoms with Crippen molar-refractivity contribution in [2.75, 3.05) is 7.05 Å². The zero-order valence-electron chi connectivity index (χ0n) is 11.3. The topological polar surface area (TPSA) is 3.24 Å². The average molecular weight is 207 g/mol. The van der Waals surface area contributed by atoms with Gasteiger partial charge in [-0.25, -0.2) is 0 Å². The Morgan fingerprint density at radius 3 is 1.60 bits per heavy atom. The van der Waals surface area contributed by atoms with Crippen molar-refractivity contribution in [2.45, 2.75) is 47.1 Å². The lowest BCUT2D eigenvalue weighted by Gasteiger charge is -2.57. The first-order chi connectivity index (χ1) is 6.63. The lowest BCUT2D eigenvalue weighted by Crippen LogP contribution is -2.61. The van der Waals surface area contributed by atoms with Gasteiger partial charge < -0.3 is 4.90 Å². The van der Waals surface area contributed by atoms with Crippen LogP contribution >= 0.6 is 0 Å². The summed E-state index contributed by atoms with van der Waals surface area (Å²) in [5, 5.41) is 0. The van der Waals surface area contributed by atoms with Crippen LogP contribution in [0.4, 0.5) is 0 Å². The summed E-state index contributed by atoms with van der Waals surface area (Å²) in [6.45, 7) is 13.9. The monoisotopic (exact) mass is 207 g/mol. The summed E-state index contributed by atoms with van der Waals surface area (Å²) in [6.07, 6.45) is 8.82. The minimum absolute atomic E-state index is 0.0781. The Balaban J connectivity index is 3.32. The molecule has 0 spiro atoms. The van der Waals surface area contributed by atoms with Crippen LogP contribution in [0.25, 0.3) is 0 Å². The first-order valence-corrected chi connectivity index (χ1v) is 5.72. The largest absolute Gasteiger partial charge is 0.370 e. The van der Waals surface area contributed by atoms with E-state index in [0.29, 0.717) is 0 Å². The zero-order chi connectivity index (χ0) is 11.9. The molecule has 1 rings (SSSR count). The van der Waals surface area contributed by atoms with Gasteiger partial charge in [-0.3, -0.25) is 0 Å². The van der Waals surface area contributed by atoms with E-state index in [4.69, 9.17) is 0 Å². The van der Waals surface area contributed by atoms with Gasteiger partial charge in [-0.05, 0) is 23.1 Å². The van der Waals surface area contributed by atoms with Crippen molar-refractivity contribution in [3.63, 3.8) is 0 Å². The molecule has 1 aliphatic rings. The molecule has 0 aliphatic carbocycles. The van der Waals surface area contributed by atoms with Crippen molar-refractivity contribution in [2.24, 2.45) is 10.8 Å². The third kappa shape index (κ3) is 1.73. The average Bonchev–Trinajstić information content (AvgIpc) is 2.00. The predicted molar refractivity (Wildman–Crippen MR) is 67.7 cm³/mol. The second-order valence-electron chi connectivity index (χ2n) is 6.58. The van der Waals surface area contributed by atoms with Crippen LogP contribution in [0.2, 0.25) is 0 Å². The molecular weight excluding hydrogens is 182 g/mol. The lowest BCUT2D eigenvalue weighted by atomic mass is 9.58. The molecule has 0 atom stereocenters. The molecule has 1 heteroatoms. The highest BCUT2D eigenvalue weighted by Gasteiger charge is 2.51. The summed E-state index contributed by atoms with van der Waals surface area (Å²) in [6, 6.07) is 0. The summed E-state index contributed by atoms with van der Waals surface area (Å²) in [5.41, 5.74) is 0.497. The van der Waals surface area contributed by atoms with E-state index in [1.54, 1.807) is 0 Å². The second-order valence-corrected chi connectivity index (χ2v) is 6.58. The molecule has 0 aromatic rings. The van der Waals surface area contributed by atoms with Crippen LogP contribution in [0.1, 0.15) is 41.5 Å². The van der Waals surface area contributed by atoms with Gasteiger partial charge in [-0.15, -0.1) is 0 Å². The van der Waals surface area contributed by atoms with Gasteiger partial charge >= 0.3 is 0 Å². The van der Waals surface area contributed by atoms with Gasteiger partial charge in [0, 0.05) is 7.05 Å². The number of nitrogens with zero attached hydrogens (tertiary/aromatic N) is 1. The van der Waals surface area contributed by atoms with Crippen molar-refractivity contribution in [1.29, 1.82) is 0 Å². The van der Waals surface area contributed by atoms with Crippen LogP contribution in [0, 0.1) is 10.8 Å². The highest BCUT2D eigenvalue weighted by molar-refractivity contribution is 5.27. The van der Waals surface area contributed by atoms with Crippen LogP contribution in [-0.2, 0) is 0 Å². The Kier molecular flexibility index (Phi) is 2.80. The van der Waals surface area contributed by atoms with Crippen LogP contribution in [0.15, 0.2) is 24.4 Å². The molecule has 0 aromatic heterocycles. The highest BCUT2D eigenvalue weighted by atomic mass is 15.2. The normalized spacial score (nSPS) is 20.9. The molecule has 1 nitrogen and oxygen atoms in total. The summed E-state index contributed by atoms with van der Waals surface area (Å²) in [5.74, 6) is 0. The number of hydrogen-bond acceptors (Lipinski definition) is 1. The van der Waals surface area contributed by atoms with E-state index in [1.807, 2.05) is 0 Å². The van der Waals surface area contributed by atoms with Gasteiger partial charge in [0.05, 0.1) is 5.54 Å². The van der Waals surface area contributed by atoms with Crippen LogP contribution in [-0.4, -0.2) is 17.5 Å². The third-order valence-corrected chi connectivity index (χ3v) is 3.60. The fourth-order valence-corrected chi connectivity index (χ4v) is 3.29. The SMILES string of the molecule is CN1C=CC=CC1(C(C)(C)C)C(C)(C)C. The zero-order valence-corrected chi connectivity index (χ0v) is 11.3. The van der Waals surface area contributed by atoms with E-state index in [-0.39, 0.29) is 16.4 Å². The van der Waals surface area contributed by atoms with Crippen molar-refractivity contribution >= 4 is 0 Å². The third-order valence-electron chi connectivity index (χ3n) is 3.60. The van der Waals surface area contributed by atoms with Gasteiger partial charge in [0.1, 0.15) is 0 Å². The standard InChI is InChI=1S/C14H25N/c1-12(2,3)14(13(4,5)6)10-8-9-11-15(14)7/h8-11H,1-7H3. The molecule has 15 heavy (non-hydrogen) atoms. The maximum Gasteiger partial charge on any atom is 0.0675 e. The first kappa shape index (κ1) is 12.4. The summed E-state index contributed by atoms with van der Waals surface area (Å²) in [4.78, 5) is 2.35. The molecular formula is C14H25N. The molecule has 0 radical (unpaired) electrons. The molecule has 86 valence electrons. The second kappa shape index (κ2) is 3.40. The summed E-state index contributed by atoms with van der Waals surface area (Å²) >= 11 is 0. The molecule has 0 saturated heterocycles. The van der Waals surface area contributed by atoms with Crippen molar-refractivity contribution in [3.05, 3.63) is 24.4 Å². The molecule has 0 N–H and O–H groups in total. The van der Waals surface area contributed by atoms with Gasteiger partial charge in [0.2, 0.25) is 0 Å². The number of hydrogen-bond donors (Lipinski definition) is 0. The molecule has 0 aromatic carbocycles. The molecule has 0 fully saturated rings. The smallest absolute Gasteiger partial charge is 0.0675 e. The van der Waals surface area contributed by atoms with Gasteiger partial charge in [0.25, 0.3) is 0 Å². The minimum atomic E-state index is 0.0781. The van der Waals surface area contributed by atoms with E-state index in [1.165, 1.54) is 0 Å². The number of rotatable bonds is 0. The van der Waals surface area contributed by atoms with Crippen LogP contribution in [0.3, 0.4) is 0 Å².